The first-order valence-electron chi connectivity index (χ1n) is 6.25. The van der Waals surface area contributed by atoms with E-state index in [0.717, 1.165) is 12.1 Å². The molecule has 2 aromatic carbocycles. The molecule has 0 atom stereocenters. The highest BCUT2D eigenvalue weighted by molar-refractivity contribution is 5.43. The normalized spacial score (nSPS) is 13.0. The van der Waals surface area contributed by atoms with Crippen LogP contribution in [0.2, 0.25) is 0 Å². The maximum absolute atomic E-state index is 13.0. The number of hydrogen-bond donors (Lipinski definition) is 1. The monoisotopic (exact) mass is 336 g/mol. The fourth-order valence-corrected chi connectivity index (χ4v) is 1.94. The molecule has 0 spiro atoms. The summed E-state index contributed by atoms with van der Waals surface area (Å²) >= 11 is 0. The summed E-state index contributed by atoms with van der Waals surface area (Å²) < 4.78 is 83.0. The second-order valence-corrected chi connectivity index (χ2v) is 4.62. The Balaban J connectivity index is 2.58. The number of ether oxygens (including phenoxy) is 1. The van der Waals surface area contributed by atoms with E-state index >= 15 is 0 Å². The van der Waals surface area contributed by atoms with Crippen molar-refractivity contribution in [2.75, 3.05) is 0 Å². The van der Waals surface area contributed by atoms with Crippen LogP contribution in [-0.4, -0.2) is 17.5 Å². The third-order valence-electron chi connectivity index (χ3n) is 3.07. The van der Waals surface area contributed by atoms with E-state index in [-0.39, 0.29) is 5.75 Å². The molecule has 0 unspecified atom stereocenters. The summed E-state index contributed by atoms with van der Waals surface area (Å²) in [5, 5.41) is 9.48. The van der Waals surface area contributed by atoms with Crippen LogP contribution in [0.1, 0.15) is 5.56 Å². The lowest BCUT2D eigenvalue weighted by Crippen LogP contribution is -2.54. The summed E-state index contributed by atoms with van der Waals surface area (Å²) in [6.07, 6.45) is -11.9. The Kier molecular flexibility index (Phi) is 4.30. The Labute approximate surface area is 126 Å². The smallest absolute Gasteiger partial charge is 0.430 e. The lowest BCUT2D eigenvalue weighted by Gasteiger charge is -2.33. The highest BCUT2D eigenvalue weighted by atomic mass is 19.4. The maximum atomic E-state index is 13.0. The van der Waals surface area contributed by atoms with Gasteiger partial charge in [-0.2, -0.15) is 26.3 Å². The van der Waals surface area contributed by atoms with E-state index in [4.69, 9.17) is 4.74 Å². The van der Waals surface area contributed by atoms with Gasteiger partial charge in [-0.15, -0.1) is 0 Å². The SMILES string of the molecule is OC(c1ccccc1Oc1ccccc1)(C(F)(F)F)C(F)(F)F. The van der Waals surface area contributed by atoms with E-state index in [0.29, 0.717) is 6.07 Å². The van der Waals surface area contributed by atoms with Gasteiger partial charge in [0.15, 0.2) is 0 Å². The Morgan fingerprint density at radius 1 is 0.696 bits per heavy atom. The van der Waals surface area contributed by atoms with Crippen LogP contribution in [0.3, 0.4) is 0 Å². The summed E-state index contributed by atoms with van der Waals surface area (Å²) in [5.41, 5.74) is -6.46. The van der Waals surface area contributed by atoms with Crippen molar-refractivity contribution in [3.8, 4) is 11.5 Å². The van der Waals surface area contributed by atoms with E-state index < -0.39 is 29.3 Å². The second-order valence-electron chi connectivity index (χ2n) is 4.62. The van der Waals surface area contributed by atoms with Crippen molar-refractivity contribution in [2.45, 2.75) is 18.0 Å². The number of rotatable bonds is 3. The molecule has 2 aromatic rings. The minimum Gasteiger partial charge on any atom is -0.457 e. The average Bonchev–Trinajstić information content (AvgIpc) is 2.46. The first-order valence-corrected chi connectivity index (χ1v) is 6.25. The molecule has 1 N–H and O–H groups in total. The largest absolute Gasteiger partial charge is 0.457 e. The summed E-state index contributed by atoms with van der Waals surface area (Å²) in [7, 11) is 0. The molecule has 0 amide bonds. The molecule has 8 heteroatoms. The highest BCUT2D eigenvalue weighted by Crippen LogP contribution is 2.52. The molecule has 0 aromatic heterocycles. The molecule has 0 heterocycles. The van der Waals surface area contributed by atoms with E-state index in [1.54, 1.807) is 6.07 Å². The van der Waals surface area contributed by atoms with E-state index in [2.05, 4.69) is 0 Å². The number of halogens is 6. The minimum absolute atomic E-state index is 0.0339. The Morgan fingerprint density at radius 3 is 1.70 bits per heavy atom. The predicted molar refractivity (Wildman–Crippen MR) is 69.0 cm³/mol. The summed E-state index contributed by atoms with van der Waals surface area (Å²) in [6, 6.07) is 10.9. The topological polar surface area (TPSA) is 29.5 Å². The van der Waals surface area contributed by atoms with Crippen molar-refractivity contribution in [1.82, 2.24) is 0 Å². The van der Waals surface area contributed by atoms with Crippen LogP contribution in [0.4, 0.5) is 26.3 Å². The molecule has 23 heavy (non-hydrogen) atoms. The molecule has 0 saturated heterocycles. The van der Waals surface area contributed by atoms with Gasteiger partial charge in [0, 0.05) is 5.56 Å². The van der Waals surface area contributed by atoms with Crippen molar-refractivity contribution in [2.24, 2.45) is 0 Å². The molecular formula is C15H10F6O2. The quantitative estimate of drug-likeness (QED) is 0.817. The maximum Gasteiger partial charge on any atom is 0.430 e. The lowest BCUT2D eigenvalue weighted by atomic mass is 9.91. The van der Waals surface area contributed by atoms with Gasteiger partial charge >= 0.3 is 12.4 Å². The summed E-state index contributed by atoms with van der Waals surface area (Å²) in [6.45, 7) is 0. The van der Waals surface area contributed by atoms with Crippen LogP contribution in [0, 0.1) is 0 Å². The molecule has 2 rings (SSSR count). The molecule has 0 saturated carbocycles. The third kappa shape index (κ3) is 3.12. The van der Waals surface area contributed by atoms with Crippen LogP contribution < -0.4 is 4.74 Å². The lowest BCUT2D eigenvalue weighted by molar-refractivity contribution is -0.376. The Morgan fingerprint density at radius 2 is 1.17 bits per heavy atom. The van der Waals surface area contributed by atoms with Gasteiger partial charge in [-0.3, -0.25) is 0 Å². The van der Waals surface area contributed by atoms with Crippen LogP contribution in [0.5, 0.6) is 11.5 Å². The van der Waals surface area contributed by atoms with Crippen LogP contribution in [0.25, 0.3) is 0 Å². The van der Waals surface area contributed by atoms with Crippen molar-refractivity contribution in [3.63, 3.8) is 0 Å². The van der Waals surface area contributed by atoms with Crippen molar-refractivity contribution in [3.05, 3.63) is 60.2 Å². The zero-order valence-corrected chi connectivity index (χ0v) is 11.3. The zero-order chi connectivity index (χ0) is 17.3. The van der Waals surface area contributed by atoms with Gasteiger partial charge in [0.2, 0.25) is 0 Å². The molecule has 124 valence electrons. The fourth-order valence-electron chi connectivity index (χ4n) is 1.94. The van der Waals surface area contributed by atoms with Crippen molar-refractivity contribution in [1.29, 1.82) is 0 Å². The molecule has 0 aliphatic carbocycles. The van der Waals surface area contributed by atoms with E-state index in [1.165, 1.54) is 30.3 Å². The zero-order valence-electron chi connectivity index (χ0n) is 11.3. The van der Waals surface area contributed by atoms with Gasteiger partial charge in [-0.1, -0.05) is 36.4 Å². The molecule has 0 aliphatic rings. The molecule has 2 nitrogen and oxygen atoms in total. The predicted octanol–water partition coefficient (Wildman–Crippen LogP) is 4.79. The van der Waals surface area contributed by atoms with Gasteiger partial charge in [-0.25, -0.2) is 0 Å². The summed E-state index contributed by atoms with van der Waals surface area (Å²) in [5.74, 6) is -0.706. The molecular weight excluding hydrogens is 326 g/mol. The Hall–Kier alpha value is -2.22. The number of hydrogen-bond acceptors (Lipinski definition) is 2. The third-order valence-corrected chi connectivity index (χ3v) is 3.07. The van der Waals surface area contributed by atoms with Crippen molar-refractivity contribution >= 4 is 0 Å². The number of aliphatic hydroxyl groups is 1. The number of benzene rings is 2. The second kappa shape index (κ2) is 5.77. The van der Waals surface area contributed by atoms with Gasteiger partial charge in [0.05, 0.1) is 0 Å². The number of alkyl halides is 6. The van der Waals surface area contributed by atoms with E-state index in [1.807, 2.05) is 0 Å². The number of para-hydroxylation sites is 2. The van der Waals surface area contributed by atoms with Crippen LogP contribution >= 0.6 is 0 Å². The van der Waals surface area contributed by atoms with Gasteiger partial charge in [-0.05, 0) is 18.2 Å². The highest BCUT2D eigenvalue weighted by Gasteiger charge is 2.72. The first kappa shape index (κ1) is 17.1. The van der Waals surface area contributed by atoms with Crippen LogP contribution in [-0.2, 0) is 5.60 Å². The van der Waals surface area contributed by atoms with E-state index in [9.17, 15) is 31.4 Å². The standard InChI is InChI=1S/C15H10F6O2/c16-14(17,18)13(22,15(19,20)21)11-8-4-5-9-12(11)23-10-6-2-1-3-7-10/h1-9,22H. The van der Waals surface area contributed by atoms with Gasteiger partial charge in [0.1, 0.15) is 11.5 Å². The molecule has 0 fully saturated rings. The molecule has 0 aliphatic heterocycles. The first-order chi connectivity index (χ1) is 10.6. The average molecular weight is 336 g/mol. The Bertz CT molecular complexity index is 650. The van der Waals surface area contributed by atoms with Gasteiger partial charge < -0.3 is 9.84 Å². The molecule has 0 radical (unpaired) electrons. The summed E-state index contributed by atoms with van der Waals surface area (Å²) in [4.78, 5) is 0. The fraction of sp³-hybridized carbons (Fsp3) is 0.200. The van der Waals surface area contributed by atoms with Gasteiger partial charge in [0.25, 0.3) is 5.60 Å². The minimum atomic E-state index is -5.97. The van der Waals surface area contributed by atoms with Crippen LogP contribution in [0.15, 0.2) is 54.6 Å². The van der Waals surface area contributed by atoms with Crippen molar-refractivity contribution < 1.29 is 36.2 Å². The molecule has 0 bridgehead atoms.